The van der Waals surface area contributed by atoms with Gasteiger partial charge in [0.15, 0.2) is 46.0 Å². The number of carbonyl (C=O) groups is 4. The topological polar surface area (TPSA) is 260 Å². The average Bonchev–Trinajstić information content (AvgIpc) is 0.733. The van der Waals surface area contributed by atoms with Crippen LogP contribution < -0.4 is 56.8 Å². The molecule has 0 bridgehead atoms. The van der Waals surface area contributed by atoms with Crippen LogP contribution in [-0.2, 0) is 66.1 Å². The van der Waals surface area contributed by atoms with Crippen LogP contribution in [0.25, 0.3) is 11.1 Å². The van der Waals surface area contributed by atoms with E-state index in [0.717, 1.165) is 23.3 Å². The fourth-order valence-electron chi connectivity index (χ4n) is 12.8. The number of carboxylic acid groups (broad SMARTS) is 4. The van der Waals surface area contributed by atoms with Gasteiger partial charge in [0.05, 0.1) is 11.1 Å². The summed E-state index contributed by atoms with van der Waals surface area (Å²) in [4.78, 5) is 59.1. The molecule has 20 heteroatoms. The Morgan fingerprint density at radius 2 is 0.339 bits per heavy atom. The van der Waals surface area contributed by atoms with E-state index in [1.165, 1.54) is 12.1 Å². The number of hydrogen-bond donors (Lipinski definition) is 4. The Balaban J connectivity index is 1.06. The van der Waals surface area contributed by atoms with Crippen LogP contribution in [0.5, 0.6) is 80.5 Å². The van der Waals surface area contributed by atoms with Crippen LogP contribution >= 0.6 is 0 Å². The van der Waals surface area contributed by atoms with Crippen molar-refractivity contribution in [2.24, 2.45) is 0 Å². The first-order valence-electron chi connectivity index (χ1n) is 37.7. The third kappa shape index (κ3) is 20.1. The summed E-state index contributed by atoms with van der Waals surface area (Å²) in [6.45, 7) is -2.16. The van der Waals surface area contributed by atoms with Crippen molar-refractivity contribution in [3.63, 3.8) is 0 Å². The zero-order valence-electron chi connectivity index (χ0n) is 63.6. The summed E-state index contributed by atoms with van der Waals surface area (Å²) in [5, 5.41) is 47.9. The quantitative estimate of drug-likeness (QED) is 0.0279. The maximum atomic E-state index is 15.2. The molecule has 0 spiro atoms. The lowest BCUT2D eigenvalue weighted by molar-refractivity contribution is 0.0680. The lowest BCUT2D eigenvalue weighted by Crippen LogP contribution is -2.14. The number of ether oxygens (including phenoxy) is 12. The standard InChI is InChI=1S/C98H78O20/c99-95(100)75-51-81(117-85-77(97(103)104)53-79(107-55-65-31-11-1-12-32-65)87(109-57-67-35-15-3-16-36-67)93(85)115-63-73-47-27-9-28-48-73)89(111-59-69-39-19-5-20-40-69)91(113-61-71-43-23-7-24-44-71)83(75)84-76(96(101)102)52-82(90(112-60-70-41-21-6-22-42-70)92(84)114-62-72-45-25-8-26-46-72)118-86-78(98(105)106)54-80(108-56-66-33-13-2-14-34-66)88(110-58-68-37-17-4-18-38-68)94(86)116-64-74-49-29-10-30-50-74/h1-54H,55-64H2,(H,99,100)(H,101,102)(H,103,104)(H,105,106). The molecular formula is C98H78O20. The van der Waals surface area contributed by atoms with Crippen LogP contribution in [0.3, 0.4) is 0 Å². The Kier molecular flexibility index (Phi) is 26.1. The van der Waals surface area contributed by atoms with Gasteiger partial charge in [0.1, 0.15) is 77.2 Å². The molecule has 0 heterocycles. The van der Waals surface area contributed by atoms with Gasteiger partial charge in [0, 0.05) is 35.4 Å². The van der Waals surface area contributed by atoms with Crippen LogP contribution in [0.4, 0.5) is 0 Å². The fraction of sp³-hybridized carbons (Fsp3) is 0.102. The monoisotopic (exact) mass is 1570 g/mol. The zero-order valence-corrected chi connectivity index (χ0v) is 63.6. The van der Waals surface area contributed by atoms with E-state index in [4.69, 9.17) is 56.8 Å². The second kappa shape index (κ2) is 38.9. The molecule has 590 valence electrons. The van der Waals surface area contributed by atoms with Crippen molar-refractivity contribution in [2.45, 2.75) is 66.1 Å². The molecule has 0 saturated heterocycles. The molecule has 20 nitrogen and oxygen atoms in total. The minimum absolute atomic E-state index is 0.0683. The van der Waals surface area contributed by atoms with E-state index >= 15 is 9.59 Å². The summed E-state index contributed by atoms with van der Waals surface area (Å²) in [6, 6.07) is 94.7. The Bertz CT molecular complexity index is 5380. The molecule has 0 aliphatic heterocycles. The van der Waals surface area contributed by atoms with E-state index in [1.807, 2.05) is 133 Å². The van der Waals surface area contributed by atoms with Crippen molar-refractivity contribution in [2.75, 3.05) is 0 Å². The van der Waals surface area contributed by atoms with E-state index < -0.39 is 103 Å². The largest absolute Gasteiger partial charge is 0.485 e. The van der Waals surface area contributed by atoms with Gasteiger partial charge >= 0.3 is 23.9 Å². The second-order valence-corrected chi connectivity index (χ2v) is 26.9. The zero-order chi connectivity index (χ0) is 81.4. The summed E-state index contributed by atoms with van der Waals surface area (Å²) in [6.07, 6.45) is 0. The molecular weight excluding hydrogens is 1500 g/mol. The van der Waals surface area contributed by atoms with Crippen molar-refractivity contribution in [1.29, 1.82) is 0 Å². The Labute approximate surface area is 679 Å². The molecule has 4 N–H and O–H groups in total. The second-order valence-electron chi connectivity index (χ2n) is 26.9. The van der Waals surface area contributed by atoms with Gasteiger partial charge in [-0.3, -0.25) is 0 Å². The number of aromatic carboxylic acids is 4. The molecule has 14 aromatic rings. The number of rotatable bonds is 39. The lowest BCUT2D eigenvalue weighted by Gasteiger charge is -2.27. The van der Waals surface area contributed by atoms with E-state index in [1.54, 1.807) is 170 Å². The summed E-state index contributed by atoms with van der Waals surface area (Å²) in [5.41, 5.74) is 2.74. The van der Waals surface area contributed by atoms with Gasteiger partial charge in [0.25, 0.3) is 0 Å². The van der Waals surface area contributed by atoms with Gasteiger partial charge in [-0.2, -0.15) is 0 Å². The predicted octanol–water partition coefficient (Wildman–Crippen LogP) is 21.5. The van der Waals surface area contributed by atoms with E-state index in [0.29, 0.717) is 44.5 Å². The molecule has 14 rings (SSSR count). The van der Waals surface area contributed by atoms with Crippen molar-refractivity contribution < 1.29 is 96.4 Å². The highest BCUT2D eigenvalue weighted by Gasteiger charge is 2.39. The first-order chi connectivity index (χ1) is 57.8. The molecule has 0 radical (unpaired) electrons. The smallest absolute Gasteiger partial charge is 0.339 e. The maximum absolute atomic E-state index is 15.2. The van der Waals surface area contributed by atoms with Crippen molar-refractivity contribution in [1.82, 2.24) is 0 Å². The van der Waals surface area contributed by atoms with E-state index in [9.17, 15) is 30.0 Å². The van der Waals surface area contributed by atoms with E-state index in [-0.39, 0.29) is 101 Å². The van der Waals surface area contributed by atoms with Gasteiger partial charge in [-0.15, -0.1) is 0 Å². The maximum Gasteiger partial charge on any atom is 0.339 e. The third-order valence-corrected chi connectivity index (χ3v) is 18.6. The molecule has 0 amide bonds. The van der Waals surface area contributed by atoms with Crippen LogP contribution in [0.1, 0.15) is 97.1 Å². The van der Waals surface area contributed by atoms with Crippen molar-refractivity contribution >= 4 is 23.9 Å². The van der Waals surface area contributed by atoms with Crippen LogP contribution in [0, 0.1) is 0 Å². The molecule has 0 saturated carbocycles. The normalized spacial score (nSPS) is 10.8. The summed E-state index contributed by atoms with van der Waals surface area (Å²) < 4.78 is 82.7. The summed E-state index contributed by atoms with van der Waals surface area (Å²) >= 11 is 0. The SMILES string of the molecule is O=C(O)c1cc(OCc2ccccc2)c(OCc2ccccc2)c(OCc2ccccc2)c1Oc1cc(C(=O)O)c(-c2c(C(=O)O)cc(Oc3c(C(=O)O)cc(OCc4ccccc4)c(OCc4ccccc4)c3OCc3ccccc3)c(OCc3ccccc3)c2OCc2ccccc2)c(OCc2ccccc2)c1OCc1ccccc1. The van der Waals surface area contributed by atoms with Crippen LogP contribution in [0.2, 0.25) is 0 Å². The Hall–Kier alpha value is -15.4. The molecule has 0 aliphatic rings. The lowest BCUT2D eigenvalue weighted by atomic mass is 9.91. The van der Waals surface area contributed by atoms with Crippen LogP contribution in [-0.4, -0.2) is 44.3 Å². The van der Waals surface area contributed by atoms with E-state index in [2.05, 4.69) is 0 Å². The number of hydrogen-bond acceptors (Lipinski definition) is 16. The first kappa shape index (κ1) is 79.2. The number of carboxylic acids is 4. The molecule has 14 aromatic carbocycles. The fourth-order valence-corrected chi connectivity index (χ4v) is 12.8. The van der Waals surface area contributed by atoms with Crippen molar-refractivity contribution in [3.05, 3.63) is 405 Å². The minimum atomic E-state index is -1.71. The molecule has 0 fully saturated rings. The van der Waals surface area contributed by atoms with Gasteiger partial charge in [-0.25, -0.2) is 19.2 Å². The van der Waals surface area contributed by atoms with Crippen LogP contribution in [0.15, 0.2) is 328 Å². The van der Waals surface area contributed by atoms with Crippen molar-refractivity contribution in [3.8, 4) is 91.6 Å². The molecule has 0 atom stereocenters. The Morgan fingerprint density at radius 3 is 0.534 bits per heavy atom. The molecule has 118 heavy (non-hydrogen) atoms. The van der Waals surface area contributed by atoms with Gasteiger partial charge in [0.2, 0.25) is 34.5 Å². The minimum Gasteiger partial charge on any atom is -0.485 e. The molecule has 0 unspecified atom stereocenters. The first-order valence-corrected chi connectivity index (χ1v) is 37.7. The van der Waals surface area contributed by atoms with Gasteiger partial charge in [-0.05, 0) is 55.6 Å². The van der Waals surface area contributed by atoms with Gasteiger partial charge in [-0.1, -0.05) is 303 Å². The van der Waals surface area contributed by atoms with Gasteiger partial charge < -0.3 is 77.3 Å². The molecule has 0 aromatic heterocycles. The predicted molar refractivity (Wildman–Crippen MR) is 440 cm³/mol. The highest BCUT2D eigenvalue weighted by molar-refractivity contribution is 6.08. The third-order valence-electron chi connectivity index (χ3n) is 18.6. The average molecular weight is 1580 g/mol. The highest BCUT2D eigenvalue weighted by atomic mass is 16.6. The Morgan fingerprint density at radius 1 is 0.178 bits per heavy atom. The number of benzene rings is 14. The summed E-state index contributed by atoms with van der Waals surface area (Å²) in [7, 11) is 0. The summed E-state index contributed by atoms with van der Waals surface area (Å²) in [5.74, 6) is -11.3. The molecule has 0 aliphatic carbocycles. The highest BCUT2D eigenvalue weighted by Crippen LogP contribution is 2.59.